The van der Waals surface area contributed by atoms with E-state index in [4.69, 9.17) is 9.84 Å². The summed E-state index contributed by atoms with van der Waals surface area (Å²) >= 11 is 1.31. The van der Waals surface area contributed by atoms with Crippen LogP contribution in [0.4, 0.5) is 0 Å². The second-order valence-corrected chi connectivity index (χ2v) is 8.42. The lowest BCUT2D eigenvalue weighted by atomic mass is 10.0. The molecule has 0 aliphatic carbocycles. The number of aromatic nitrogens is 5. The van der Waals surface area contributed by atoms with E-state index in [0.29, 0.717) is 16.1 Å². The molecule has 8 heteroatoms. The number of fused-ring (bicyclic) bond motifs is 1. The Bertz CT molecular complexity index is 1500. The van der Waals surface area contributed by atoms with Crippen molar-refractivity contribution in [2.45, 2.75) is 20.3 Å². The van der Waals surface area contributed by atoms with Crippen LogP contribution in [-0.2, 0) is 0 Å². The Morgan fingerprint density at radius 3 is 2.75 bits per heavy atom. The standard InChI is InChI=1S/C24H21N5O2S/c1-3-11-31-20-10-9-17(12-16(20)2)22-18(14-28(27-22)19-7-5-4-6-8-19)13-21-23(30)29-24(32-21)25-15-26-29/h4-10,12-15H,3,11H2,1-2H3/b21-13-. The number of rotatable bonds is 6. The van der Waals surface area contributed by atoms with Crippen LogP contribution < -0.4 is 14.8 Å². The van der Waals surface area contributed by atoms with Gasteiger partial charge in [0.1, 0.15) is 17.8 Å². The number of hydrogen-bond donors (Lipinski definition) is 0. The molecule has 7 nitrogen and oxygen atoms in total. The molecule has 0 unspecified atom stereocenters. The molecule has 5 aromatic rings. The summed E-state index contributed by atoms with van der Waals surface area (Å²) in [5.74, 6) is 0.871. The summed E-state index contributed by atoms with van der Waals surface area (Å²) in [7, 11) is 0. The van der Waals surface area contributed by atoms with Gasteiger partial charge in [-0.1, -0.05) is 36.5 Å². The predicted molar refractivity (Wildman–Crippen MR) is 125 cm³/mol. The van der Waals surface area contributed by atoms with E-state index in [0.717, 1.165) is 40.2 Å². The lowest BCUT2D eigenvalue weighted by molar-refractivity contribution is 0.315. The van der Waals surface area contributed by atoms with Crippen LogP contribution in [0.3, 0.4) is 0 Å². The van der Waals surface area contributed by atoms with E-state index in [2.05, 4.69) is 23.1 Å². The molecule has 0 atom stereocenters. The number of ether oxygens (including phenoxy) is 1. The van der Waals surface area contributed by atoms with Crippen molar-refractivity contribution in [3.63, 3.8) is 0 Å². The van der Waals surface area contributed by atoms with E-state index >= 15 is 0 Å². The maximum atomic E-state index is 12.7. The Labute approximate surface area is 188 Å². The minimum atomic E-state index is -0.180. The van der Waals surface area contributed by atoms with Crippen LogP contribution in [0.25, 0.3) is 28.0 Å². The van der Waals surface area contributed by atoms with Gasteiger partial charge in [0.25, 0.3) is 5.56 Å². The predicted octanol–water partition coefficient (Wildman–Crippen LogP) is 3.65. The highest BCUT2D eigenvalue weighted by molar-refractivity contribution is 7.15. The second kappa shape index (κ2) is 8.39. The van der Waals surface area contributed by atoms with E-state index < -0.39 is 0 Å². The molecule has 5 rings (SSSR count). The van der Waals surface area contributed by atoms with Crippen LogP contribution in [0.5, 0.6) is 5.75 Å². The molecule has 0 aliphatic heterocycles. The van der Waals surface area contributed by atoms with Gasteiger partial charge >= 0.3 is 0 Å². The molecular weight excluding hydrogens is 422 g/mol. The zero-order valence-electron chi connectivity index (χ0n) is 17.7. The number of thiazole rings is 1. The highest BCUT2D eigenvalue weighted by Gasteiger charge is 2.14. The molecule has 32 heavy (non-hydrogen) atoms. The highest BCUT2D eigenvalue weighted by atomic mass is 32.1. The van der Waals surface area contributed by atoms with E-state index in [1.54, 1.807) is 0 Å². The quantitative estimate of drug-likeness (QED) is 0.401. The van der Waals surface area contributed by atoms with Crippen LogP contribution in [0.2, 0.25) is 0 Å². The van der Waals surface area contributed by atoms with E-state index in [1.165, 1.54) is 22.2 Å². The van der Waals surface area contributed by atoms with Gasteiger partial charge in [-0.15, -0.1) is 0 Å². The normalized spacial score (nSPS) is 12.0. The smallest absolute Gasteiger partial charge is 0.291 e. The molecule has 0 N–H and O–H groups in total. The number of nitrogens with zero attached hydrogens (tertiary/aromatic N) is 5. The summed E-state index contributed by atoms with van der Waals surface area (Å²) in [6.07, 6.45) is 6.15. The number of benzene rings is 2. The summed E-state index contributed by atoms with van der Waals surface area (Å²) in [5, 5.41) is 8.87. The van der Waals surface area contributed by atoms with Crippen LogP contribution >= 0.6 is 11.3 Å². The fourth-order valence-electron chi connectivity index (χ4n) is 3.52. The lowest BCUT2D eigenvalue weighted by Gasteiger charge is -2.09. The third kappa shape index (κ3) is 3.69. The summed E-state index contributed by atoms with van der Waals surface area (Å²) in [6.45, 7) is 4.80. The Kier molecular flexibility index (Phi) is 5.28. The van der Waals surface area contributed by atoms with Crippen molar-refractivity contribution in [3.05, 3.63) is 87.1 Å². The van der Waals surface area contributed by atoms with Gasteiger partial charge in [-0.3, -0.25) is 4.79 Å². The van der Waals surface area contributed by atoms with Crippen molar-refractivity contribution >= 4 is 22.4 Å². The molecule has 0 spiro atoms. The van der Waals surface area contributed by atoms with Crippen molar-refractivity contribution in [2.24, 2.45) is 0 Å². The second-order valence-electron chi connectivity index (χ2n) is 7.41. The number of aryl methyl sites for hydroxylation is 1. The SMILES string of the molecule is CCCOc1ccc(-c2nn(-c3ccccc3)cc2/C=c2\sc3ncnn3c2=O)cc1C. The molecule has 2 aromatic carbocycles. The minimum Gasteiger partial charge on any atom is -0.493 e. The van der Waals surface area contributed by atoms with Crippen LogP contribution in [0.1, 0.15) is 24.5 Å². The molecule has 0 amide bonds. The first-order chi connectivity index (χ1) is 15.6. The van der Waals surface area contributed by atoms with Crippen LogP contribution in [0.15, 0.2) is 65.8 Å². The van der Waals surface area contributed by atoms with Crippen LogP contribution in [0, 0.1) is 6.92 Å². The third-order valence-electron chi connectivity index (χ3n) is 5.08. The van der Waals surface area contributed by atoms with Gasteiger partial charge in [0.2, 0.25) is 4.96 Å². The lowest BCUT2D eigenvalue weighted by Crippen LogP contribution is -2.23. The number of para-hydroxylation sites is 1. The Balaban J connectivity index is 1.66. The monoisotopic (exact) mass is 443 g/mol. The van der Waals surface area contributed by atoms with Crippen molar-refractivity contribution in [3.8, 4) is 22.7 Å². The fraction of sp³-hybridized carbons (Fsp3) is 0.167. The largest absolute Gasteiger partial charge is 0.493 e. The van der Waals surface area contributed by atoms with Gasteiger partial charge in [-0.25, -0.2) is 9.67 Å². The molecule has 3 aromatic heterocycles. The third-order valence-corrected chi connectivity index (χ3v) is 6.05. The minimum absolute atomic E-state index is 0.180. The average molecular weight is 444 g/mol. The Hall–Kier alpha value is -3.78. The maximum absolute atomic E-state index is 12.7. The van der Waals surface area contributed by atoms with Crippen molar-refractivity contribution in [1.29, 1.82) is 0 Å². The van der Waals surface area contributed by atoms with Crippen LogP contribution in [-0.4, -0.2) is 31.0 Å². The first-order valence-corrected chi connectivity index (χ1v) is 11.2. The molecule has 160 valence electrons. The highest BCUT2D eigenvalue weighted by Crippen LogP contribution is 2.29. The molecule has 0 saturated heterocycles. The molecule has 0 saturated carbocycles. The summed E-state index contributed by atoms with van der Waals surface area (Å²) in [6, 6.07) is 16.0. The van der Waals surface area contributed by atoms with E-state index in [1.807, 2.05) is 66.3 Å². The Morgan fingerprint density at radius 2 is 2.00 bits per heavy atom. The van der Waals surface area contributed by atoms with Gasteiger partial charge in [-0.05, 0) is 55.3 Å². The first kappa shape index (κ1) is 20.1. The summed E-state index contributed by atoms with van der Waals surface area (Å²) in [4.78, 5) is 17.4. The van der Waals surface area contributed by atoms with E-state index in [-0.39, 0.29) is 5.56 Å². The maximum Gasteiger partial charge on any atom is 0.291 e. The van der Waals surface area contributed by atoms with Crippen molar-refractivity contribution in [2.75, 3.05) is 6.61 Å². The summed E-state index contributed by atoms with van der Waals surface area (Å²) in [5.41, 5.74) is 4.39. The van der Waals surface area contributed by atoms with Crippen molar-refractivity contribution < 1.29 is 4.74 Å². The molecular formula is C24H21N5O2S. The van der Waals surface area contributed by atoms with Gasteiger partial charge in [0.15, 0.2) is 0 Å². The molecule has 0 aliphatic rings. The molecule has 0 bridgehead atoms. The fourth-order valence-corrected chi connectivity index (χ4v) is 4.39. The van der Waals surface area contributed by atoms with Gasteiger partial charge in [0, 0.05) is 17.3 Å². The molecule has 0 radical (unpaired) electrons. The van der Waals surface area contributed by atoms with Gasteiger partial charge < -0.3 is 4.74 Å². The first-order valence-electron chi connectivity index (χ1n) is 10.4. The van der Waals surface area contributed by atoms with E-state index in [9.17, 15) is 4.79 Å². The molecule has 0 fully saturated rings. The topological polar surface area (TPSA) is 74.3 Å². The number of hydrogen-bond acceptors (Lipinski definition) is 6. The summed E-state index contributed by atoms with van der Waals surface area (Å²) < 4.78 is 9.55. The van der Waals surface area contributed by atoms with Gasteiger partial charge in [-0.2, -0.15) is 14.7 Å². The van der Waals surface area contributed by atoms with Crippen molar-refractivity contribution in [1.82, 2.24) is 24.4 Å². The zero-order chi connectivity index (χ0) is 22.1. The molecule has 3 heterocycles. The van der Waals surface area contributed by atoms with Gasteiger partial charge in [0.05, 0.1) is 16.8 Å². The zero-order valence-corrected chi connectivity index (χ0v) is 18.5. The average Bonchev–Trinajstić information content (AvgIpc) is 3.51. The Morgan fingerprint density at radius 1 is 1.16 bits per heavy atom.